The number of hydrogen-bond acceptors (Lipinski definition) is 3. The fraction of sp³-hybridized carbons (Fsp3) is 0.500. The summed E-state index contributed by atoms with van der Waals surface area (Å²) < 4.78 is 13.9. The van der Waals surface area contributed by atoms with Crippen molar-refractivity contribution in [2.45, 2.75) is 25.8 Å². The normalized spacial score (nSPS) is 26.1. The number of carboxylic acid groups (broad SMARTS) is 1. The van der Waals surface area contributed by atoms with Crippen LogP contribution in [0.5, 0.6) is 0 Å². The van der Waals surface area contributed by atoms with Crippen LogP contribution < -0.4 is 10.2 Å². The number of hydrogen-bond donors (Lipinski definition) is 2. The third-order valence-corrected chi connectivity index (χ3v) is 4.89. The highest BCUT2D eigenvalue weighted by atomic mass is 19.1. The van der Waals surface area contributed by atoms with Crippen molar-refractivity contribution < 1.29 is 23.9 Å². The molecule has 2 aliphatic heterocycles. The van der Waals surface area contributed by atoms with Gasteiger partial charge in [-0.25, -0.2) is 9.18 Å². The van der Waals surface area contributed by atoms with Crippen molar-refractivity contribution in [2.75, 3.05) is 24.5 Å². The molecule has 0 aromatic heterocycles. The Kier molecular flexibility index (Phi) is 5.11. The summed E-state index contributed by atoms with van der Waals surface area (Å²) >= 11 is 0. The molecule has 8 heteroatoms. The van der Waals surface area contributed by atoms with E-state index in [-0.39, 0.29) is 43.1 Å². The molecule has 3 amide bonds. The monoisotopic (exact) mass is 363 g/mol. The molecule has 2 N–H and O–H groups in total. The molecular formula is C18H22FN3O4. The quantitative estimate of drug-likeness (QED) is 0.855. The van der Waals surface area contributed by atoms with Crippen molar-refractivity contribution in [1.29, 1.82) is 0 Å². The second kappa shape index (κ2) is 7.31. The van der Waals surface area contributed by atoms with E-state index in [2.05, 4.69) is 5.32 Å². The summed E-state index contributed by atoms with van der Waals surface area (Å²) in [4.78, 5) is 38.8. The summed E-state index contributed by atoms with van der Waals surface area (Å²) in [6.45, 7) is 2.74. The molecule has 140 valence electrons. The smallest absolute Gasteiger partial charge is 0.317 e. The van der Waals surface area contributed by atoms with E-state index in [0.29, 0.717) is 13.0 Å². The second-order valence-electron chi connectivity index (χ2n) is 7.09. The van der Waals surface area contributed by atoms with E-state index in [1.165, 1.54) is 21.9 Å². The molecule has 1 aromatic rings. The van der Waals surface area contributed by atoms with Crippen LogP contribution in [0.4, 0.5) is 14.9 Å². The third-order valence-electron chi connectivity index (χ3n) is 4.89. The summed E-state index contributed by atoms with van der Waals surface area (Å²) in [5.41, 5.74) is 0.201. The predicted octanol–water partition coefficient (Wildman–Crippen LogP) is 1.68. The highest BCUT2D eigenvalue weighted by Gasteiger charge is 2.36. The Hall–Kier alpha value is -2.64. The Morgan fingerprint density at radius 3 is 2.65 bits per heavy atom. The average Bonchev–Trinajstić information content (AvgIpc) is 2.94. The molecule has 26 heavy (non-hydrogen) atoms. The summed E-state index contributed by atoms with van der Waals surface area (Å²) in [6, 6.07) is 5.20. The van der Waals surface area contributed by atoms with Gasteiger partial charge in [-0.3, -0.25) is 9.59 Å². The van der Waals surface area contributed by atoms with E-state index in [9.17, 15) is 23.9 Å². The number of anilines is 1. The van der Waals surface area contributed by atoms with E-state index >= 15 is 0 Å². The summed E-state index contributed by atoms with van der Waals surface area (Å²) in [6.07, 6.45) is 0.633. The lowest BCUT2D eigenvalue weighted by atomic mass is 9.91. The molecular weight excluding hydrogens is 341 g/mol. The molecule has 2 aliphatic rings. The minimum absolute atomic E-state index is 0.0891. The lowest BCUT2D eigenvalue weighted by molar-refractivity contribution is -0.143. The third kappa shape index (κ3) is 3.79. The first-order valence-electron chi connectivity index (χ1n) is 8.68. The number of halogens is 1. The van der Waals surface area contributed by atoms with Crippen molar-refractivity contribution >= 4 is 23.6 Å². The number of para-hydroxylation sites is 1. The minimum atomic E-state index is -0.906. The molecule has 0 radical (unpaired) electrons. The highest BCUT2D eigenvalue weighted by Crippen LogP contribution is 2.25. The molecule has 2 heterocycles. The number of piperidine rings is 1. The number of nitrogens with one attached hydrogen (secondary N) is 1. The van der Waals surface area contributed by atoms with Crippen LogP contribution >= 0.6 is 0 Å². The topological polar surface area (TPSA) is 90.0 Å². The van der Waals surface area contributed by atoms with Crippen molar-refractivity contribution in [1.82, 2.24) is 10.2 Å². The maximum absolute atomic E-state index is 13.9. The van der Waals surface area contributed by atoms with Gasteiger partial charge in [-0.05, 0) is 24.5 Å². The zero-order valence-electron chi connectivity index (χ0n) is 14.5. The number of carbonyl (C=O) groups excluding carboxylic acids is 2. The average molecular weight is 363 g/mol. The van der Waals surface area contributed by atoms with Gasteiger partial charge in [-0.15, -0.1) is 0 Å². The summed E-state index contributed by atoms with van der Waals surface area (Å²) in [5, 5.41) is 12.0. The van der Waals surface area contributed by atoms with Gasteiger partial charge in [0.05, 0.1) is 17.6 Å². The van der Waals surface area contributed by atoms with Gasteiger partial charge in [-0.1, -0.05) is 19.1 Å². The van der Waals surface area contributed by atoms with Crippen LogP contribution in [0.1, 0.15) is 19.8 Å². The Morgan fingerprint density at radius 2 is 1.96 bits per heavy atom. The second-order valence-corrected chi connectivity index (χ2v) is 7.09. The van der Waals surface area contributed by atoms with Crippen LogP contribution in [0.2, 0.25) is 0 Å². The molecule has 3 unspecified atom stereocenters. The zero-order valence-corrected chi connectivity index (χ0v) is 14.5. The molecule has 3 rings (SSSR count). The molecule has 1 aromatic carbocycles. The van der Waals surface area contributed by atoms with Crippen LogP contribution in [0.3, 0.4) is 0 Å². The molecule has 2 saturated heterocycles. The van der Waals surface area contributed by atoms with Gasteiger partial charge < -0.3 is 20.2 Å². The number of aliphatic carboxylic acids is 1. The maximum atomic E-state index is 13.9. The summed E-state index contributed by atoms with van der Waals surface area (Å²) in [5.74, 6) is -2.13. The maximum Gasteiger partial charge on any atom is 0.317 e. The van der Waals surface area contributed by atoms with Crippen molar-refractivity contribution in [3.05, 3.63) is 30.1 Å². The van der Waals surface area contributed by atoms with E-state index in [0.717, 1.165) is 0 Å². The van der Waals surface area contributed by atoms with Gasteiger partial charge in [0.15, 0.2) is 0 Å². The Balaban J connectivity index is 1.63. The number of amides is 3. The first kappa shape index (κ1) is 18.2. The number of carbonyl (C=O) groups is 3. The van der Waals surface area contributed by atoms with Gasteiger partial charge in [0.25, 0.3) is 0 Å². The molecule has 0 bridgehead atoms. The van der Waals surface area contributed by atoms with Crippen LogP contribution in [0.15, 0.2) is 24.3 Å². The van der Waals surface area contributed by atoms with Crippen LogP contribution in [0.25, 0.3) is 0 Å². The molecule has 7 nitrogen and oxygen atoms in total. The first-order valence-corrected chi connectivity index (χ1v) is 8.68. The largest absolute Gasteiger partial charge is 0.481 e. The van der Waals surface area contributed by atoms with Crippen LogP contribution in [-0.4, -0.2) is 53.6 Å². The predicted molar refractivity (Wildman–Crippen MR) is 92.2 cm³/mol. The number of nitrogens with zero attached hydrogens (tertiary/aromatic N) is 2. The number of urea groups is 1. The van der Waals surface area contributed by atoms with Gasteiger partial charge in [0.1, 0.15) is 5.82 Å². The fourth-order valence-electron chi connectivity index (χ4n) is 3.67. The highest BCUT2D eigenvalue weighted by molar-refractivity contribution is 5.97. The van der Waals surface area contributed by atoms with Crippen LogP contribution in [0, 0.1) is 17.7 Å². The van der Waals surface area contributed by atoms with Crippen molar-refractivity contribution in [3.8, 4) is 0 Å². The van der Waals surface area contributed by atoms with Gasteiger partial charge in [0, 0.05) is 26.1 Å². The SMILES string of the molecule is CC1CC(C(=O)O)CN(C(=O)NC2CC(=O)N(c3ccccc3F)C2)C1. The minimum Gasteiger partial charge on any atom is -0.481 e. The Labute approximate surface area is 150 Å². The first-order chi connectivity index (χ1) is 12.3. The van der Waals surface area contributed by atoms with Gasteiger partial charge in [-0.2, -0.15) is 0 Å². The van der Waals surface area contributed by atoms with Gasteiger partial charge in [0.2, 0.25) is 5.91 Å². The molecule has 2 fully saturated rings. The Bertz CT molecular complexity index is 726. The zero-order chi connectivity index (χ0) is 18.8. The van der Waals surface area contributed by atoms with E-state index in [1.807, 2.05) is 6.92 Å². The lowest BCUT2D eigenvalue weighted by Crippen LogP contribution is -2.52. The van der Waals surface area contributed by atoms with E-state index in [4.69, 9.17) is 0 Å². The van der Waals surface area contributed by atoms with E-state index in [1.54, 1.807) is 12.1 Å². The summed E-state index contributed by atoms with van der Waals surface area (Å²) in [7, 11) is 0. The molecule has 0 saturated carbocycles. The fourth-order valence-corrected chi connectivity index (χ4v) is 3.67. The molecule has 0 aliphatic carbocycles. The lowest BCUT2D eigenvalue weighted by Gasteiger charge is -2.35. The molecule has 3 atom stereocenters. The Morgan fingerprint density at radius 1 is 1.23 bits per heavy atom. The number of rotatable bonds is 3. The van der Waals surface area contributed by atoms with Gasteiger partial charge >= 0.3 is 12.0 Å². The number of carboxylic acids is 1. The van der Waals surface area contributed by atoms with Crippen molar-refractivity contribution in [2.24, 2.45) is 11.8 Å². The van der Waals surface area contributed by atoms with E-state index < -0.39 is 23.7 Å². The number of benzene rings is 1. The standard InChI is InChI=1S/C18H22FN3O4/c1-11-6-12(17(24)25)9-21(8-11)18(26)20-13-7-16(23)22(10-13)15-5-3-2-4-14(15)19/h2-5,11-13H,6-10H2,1H3,(H,20,26)(H,24,25). The van der Waals surface area contributed by atoms with Crippen LogP contribution in [-0.2, 0) is 9.59 Å². The van der Waals surface area contributed by atoms with Crippen molar-refractivity contribution in [3.63, 3.8) is 0 Å². The molecule has 0 spiro atoms. The number of likely N-dealkylation sites (tertiary alicyclic amines) is 1.